The molecule has 0 amide bonds. The maximum atomic E-state index is 13.2. The fraction of sp³-hybridized carbons (Fsp3) is 0.478. The summed E-state index contributed by atoms with van der Waals surface area (Å²) in [6, 6.07) is 11.1. The van der Waals surface area contributed by atoms with Crippen LogP contribution in [0.1, 0.15) is 54.0 Å². The van der Waals surface area contributed by atoms with Gasteiger partial charge in [0.1, 0.15) is 0 Å². The van der Waals surface area contributed by atoms with E-state index in [-0.39, 0.29) is 23.5 Å². The van der Waals surface area contributed by atoms with Crippen molar-refractivity contribution in [1.82, 2.24) is 0 Å². The summed E-state index contributed by atoms with van der Waals surface area (Å²) < 4.78 is 92.2. The zero-order valence-electron chi connectivity index (χ0n) is 17.2. The molecule has 1 heterocycles. The quantitative estimate of drug-likeness (QED) is 0.200. The van der Waals surface area contributed by atoms with Crippen molar-refractivity contribution >= 4 is 22.6 Å². The minimum Gasteiger partial charge on any atom is -0.352 e. The maximum absolute atomic E-state index is 13.2. The number of halogens is 7. The van der Waals surface area contributed by atoms with Crippen LogP contribution in [0.4, 0.5) is 26.3 Å². The molecule has 1 aliphatic heterocycles. The van der Waals surface area contributed by atoms with E-state index in [1.807, 2.05) is 30.3 Å². The van der Waals surface area contributed by atoms with Crippen molar-refractivity contribution in [2.45, 2.75) is 50.4 Å². The van der Waals surface area contributed by atoms with Crippen molar-refractivity contribution in [3.8, 4) is 0 Å². The van der Waals surface area contributed by atoms with Gasteiger partial charge in [-0.3, -0.25) is 0 Å². The Balaban J connectivity index is 1.93. The van der Waals surface area contributed by atoms with Crippen molar-refractivity contribution < 1.29 is 35.8 Å². The van der Waals surface area contributed by atoms with Crippen LogP contribution in [0.3, 0.4) is 0 Å². The van der Waals surface area contributed by atoms with E-state index in [1.165, 1.54) is 6.92 Å². The lowest BCUT2D eigenvalue weighted by Crippen LogP contribution is -2.37. The maximum Gasteiger partial charge on any atom is 0.416 e. The Hall–Kier alpha value is -1.33. The van der Waals surface area contributed by atoms with Crippen LogP contribution in [0.5, 0.6) is 0 Å². The van der Waals surface area contributed by atoms with Gasteiger partial charge in [0.05, 0.1) is 23.8 Å². The summed E-state index contributed by atoms with van der Waals surface area (Å²) in [4.78, 5) is 0. The van der Waals surface area contributed by atoms with Gasteiger partial charge in [-0.2, -0.15) is 26.3 Å². The minimum absolute atomic E-state index is 0.122. The highest BCUT2D eigenvalue weighted by Crippen LogP contribution is 2.42. The zero-order chi connectivity index (χ0) is 23.5. The molecule has 0 aliphatic carbocycles. The lowest BCUT2D eigenvalue weighted by Gasteiger charge is -2.39. The van der Waals surface area contributed by atoms with E-state index in [0.717, 1.165) is 22.8 Å². The Morgan fingerprint density at radius 3 is 2.12 bits per heavy atom. The molecule has 0 radical (unpaired) electrons. The summed E-state index contributed by atoms with van der Waals surface area (Å²) >= 11 is 2.29. The average molecular weight is 572 g/mol. The van der Waals surface area contributed by atoms with Gasteiger partial charge < -0.3 is 9.47 Å². The fourth-order valence-electron chi connectivity index (χ4n) is 4.03. The third-order valence-corrected chi connectivity index (χ3v) is 6.28. The highest BCUT2D eigenvalue weighted by molar-refractivity contribution is 14.1. The second kappa shape index (κ2) is 10.3. The molecule has 0 spiro atoms. The van der Waals surface area contributed by atoms with Gasteiger partial charge in [0.2, 0.25) is 0 Å². The molecular weight excluding hydrogens is 549 g/mol. The van der Waals surface area contributed by atoms with Gasteiger partial charge in [-0.15, -0.1) is 0 Å². The van der Waals surface area contributed by atoms with E-state index < -0.39 is 35.9 Å². The van der Waals surface area contributed by atoms with Crippen LogP contribution >= 0.6 is 22.6 Å². The Morgan fingerprint density at radius 2 is 1.59 bits per heavy atom. The van der Waals surface area contributed by atoms with E-state index in [1.54, 1.807) is 0 Å². The van der Waals surface area contributed by atoms with E-state index in [9.17, 15) is 26.3 Å². The average Bonchev–Trinajstić information content (AvgIpc) is 2.73. The molecule has 1 saturated heterocycles. The number of alkyl halides is 7. The first-order valence-electron chi connectivity index (χ1n) is 10.2. The molecule has 3 rings (SSSR count). The van der Waals surface area contributed by atoms with Crippen LogP contribution in [0.2, 0.25) is 0 Å². The number of hydrogen-bond acceptors (Lipinski definition) is 2. The fourth-order valence-corrected chi connectivity index (χ4v) is 4.83. The highest BCUT2D eigenvalue weighted by atomic mass is 127. The molecule has 2 aromatic rings. The third kappa shape index (κ3) is 6.17. The summed E-state index contributed by atoms with van der Waals surface area (Å²) in [6.45, 7) is 1.86. The second-order valence-electron chi connectivity index (χ2n) is 7.82. The first-order valence-corrected chi connectivity index (χ1v) is 11.7. The molecule has 4 unspecified atom stereocenters. The van der Waals surface area contributed by atoms with E-state index in [0.29, 0.717) is 18.7 Å². The Bertz CT molecular complexity index is 850. The zero-order valence-corrected chi connectivity index (χ0v) is 19.4. The van der Waals surface area contributed by atoms with Gasteiger partial charge in [0, 0.05) is 5.92 Å². The van der Waals surface area contributed by atoms with Crippen LogP contribution in [0.15, 0.2) is 48.5 Å². The van der Waals surface area contributed by atoms with Crippen LogP contribution in [-0.2, 0) is 21.8 Å². The number of hydrogen-bond donors (Lipinski definition) is 0. The Morgan fingerprint density at radius 1 is 1.00 bits per heavy atom. The van der Waals surface area contributed by atoms with Gasteiger partial charge in [0.25, 0.3) is 0 Å². The predicted octanol–water partition coefficient (Wildman–Crippen LogP) is 7.77. The number of rotatable bonds is 6. The third-order valence-electron chi connectivity index (χ3n) is 5.65. The standard InChI is InChI=1S/C23H23F6IO2/c1-14(17-11-18(22(24,25)26)13-19(12-17)23(27,28)29)32-21-20(15-5-3-2-4-6-15)16(7-9-30)8-10-31-21/h2-6,11-14,16,20-21H,7-10H2,1H3. The number of benzene rings is 2. The van der Waals surface area contributed by atoms with Crippen LogP contribution in [0.25, 0.3) is 0 Å². The smallest absolute Gasteiger partial charge is 0.352 e. The Labute approximate surface area is 196 Å². The lowest BCUT2D eigenvalue weighted by atomic mass is 9.80. The second-order valence-corrected chi connectivity index (χ2v) is 8.90. The molecule has 2 aromatic carbocycles. The van der Waals surface area contributed by atoms with Gasteiger partial charge in [-0.25, -0.2) is 0 Å². The van der Waals surface area contributed by atoms with E-state index in [2.05, 4.69) is 22.6 Å². The highest BCUT2D eigenvalue weighted by Gasteiger charge is 2.39. The van der Waals surface area contributed by atoms with Gasteiger partial charge in [0.15, 0.2) is 6.29 Å². The summed E-state index contributed by atoms with van der Waals surface area (Å²) in [5.41, 5.74) is -1.94. The molecule has 2 nitrogen and oxygen atoms in total. The van der Waals surface area contributed by atoms with Crippen LogP contribution < -0.4 is 0 Å². The largest absolute Gasteiger partial charge is 0.416 e. The van der Waals surface area contributed by atoms with Crippen molar-refractivity contribution in [2.24, 2.45) is 5.92 Å². The summed E-state index contributed by atoms with van der Waals surface area (Å²) in [5.74, 6) is 0.0579. The molecule has 4 atom stereocenters. The summed E-state index contributed by atoms with van der Waals surface area (Å²) in [5, 5.41) is 0. The molecule has 1 fully saturated rings. The molecule has 0 aromatic heterocycles. The molecular formula is C23H23F6IO2. The van der Waals surface area contributed by atoms with Crippen LogP contribution in [-0.4, -0.2) is 17.3 Å². The SMILES string of the molecule is CC(OC1OCCC(CCI)C1c1ccccc1)c1cc(C(F)(F)F)cc(C(F)(F)F)c1. The summed E-state index contributed by atoms with van der Waals surface area (Å²) in [7, 11) is 0. The van der Waals surface area contributed by atoms with Crippen molar-refractivity contribution in [3.05, 3.63) is 70.8 Å². The van der Waals surface area contributed by atoms with Crippen LogP contribution in [0, 0.1) is 5.92 Å². The normalized spacial score (nSPS) is 23.2. The first-order chi connectivity index (χ1) is 15.0. The number of ether oxygens (including phenoxy) is 2. The van der Waals surface area contributed by atoms with Crippen molar-refractivity contribution in [3.63, 3.8) is 0 Å². The Kier molecular flexibility index (Phi) is 8.14. The van der Waals surface area contributed by atoms with Gasteiger partial charge in [-0.05, 0) is 59.4 Å². The molecule has 9 heteroatoms. The van der Waals surface area contributed by atoms with E-state index >= 15 is 0 Å². The van der Waals surface area contributed by atoms with Gasteiger partial charge in [-0.1, -0.05) is 52.9 Å². The molecule has 0 bridgehead atoms. The molecule has 176 valence electrons. The lowest BCUT2D eigenvalue weighted by molar-refractivity contribution is -0.209. The molecule has 32 heavy (non-hydrogen) atoms. The molecule has 1 aliphatic rings. The van der Waals surface area contributed by atoms with Crippen molar-refractivity contribution in [1.29, 1.82) is 0 Å². The predicted molar refractivity (Wildman–Crippen MR) is 116 cm³/mol. The molecule has 0 N–H and O–H groups in total. The monoisotopic (exact) mass is 572 g/mol. The van der Waals surface area contributed by atoms with Crippen molar-refractivity contribution in [2.75, 3.05) is 11.0 Å². The summed E-state index contributed by atoms with van der Waals surface area (Å²) in [6.07, 6.45) is -9.92. The first kappa shape index (κ1) is 25.3. The molecule has 0 saturated carbocycles. The minimum atomic E-state index is -4.91. The van der Waals surface area contributed by atoms with Gasteiger partial charge >= 0.3 is 12.4 Å². The van der Waals surface area contributed by atoms with E-state index in [4.69, 9.17) is 9.47 Å². The topological polar surface area (TPSA) is 18.5 Å².